The van der Waals surface area contributed by atoms with Crippen LogP contribution in [0.1, 0.15) is 32.3 Å². The van der Waals surface area contributed by atoms with Crippen molar-refractivity contribution in [2.75, 3.05) is 11.5 Å². The molecular weight excluding hydrogens is 312 g/mol. The molecule has 1 atom stereocenters. The van der Waals surface area contributed by atoms with E-state index in [4.69, 9.17) is 0 Å². The molecule has 0 aliphatic carbocycles. The molecule has 23 heavy (non-hydrogen) atoms. The van der Waals surface area contributed by atoms with Crippen LogP contribution in [0.4, 0.5) is 0 Å². The summed E-state index contributed by atoms with van der Waals surface area (Å²) in [4.78, 5) is 15.1. The predicted molar refractivity (Wildman–Crippen MR) is 93.2 cm³/mol. The maximum absolute atomic E-state index is 11.9. The number of nitrogens with one attached hydrogen (secondary N) is 2. The van der Waals surface area contributed by atoms with Crippen LogP contribution < -0.4 is 5.32 Å². The van der Waals surface area contributed by atoms with Crippen LogP contribution in [0.15, 0.2) is 30.5 Å². The average Bonchev–Trinajstić information content (AvgIpc) is 2.90. The van der Waals surface area contributed by atoms with E-state index in [-0.39, 0.29) is 23.5 Å². The number of aryl methyl sites for hydroxylation is 1. The molecule has 2 rings (SSSR count). The van der Waals surface area contributed by atoms with Gasteiger partial charge in [0.05, 0.1) is 5.75 Å². The molecule has 1 aromatic carbocycles. The molecule has 0 saturated carbocycles. The van der Waals surface area contributed by atoms with Crippen molar-refractivity contribution in [1.29, 1.82) is 0 Å². The second-order valence-electron chi connectivity index (χ2n) is 5.88. The maximum atomic E-state index is 11.9. The number of para-hydroxylation sites is 1. The Morgan fingerprint density at radius 3 is 2.78 bits per heavy atom. The second kappa shape index (κ2) is 7.64. The minimum atomic E-state index is -3.06. The highest BCUT2D eigenvalue weighted by molar-refractivity contribution is 7.91. The molecule has 1 heterocycles. The lowest BCUT2D eigenvalue weighted by atomic mass is 10.1. The van der Waals surface area contributed by atoms with E-state index in [0.717, 1.165) is 18.4 Å². The molecule has 0 radical (unpaired) electrons. The third kappa shape index (κ3) is 5.10. The Kier molecular flexibility index (Phi) is 5.82. The number of aromatic amines is 1. The van der Waals surface area contributed by atoms with Crippen molar-refractivity contribution in [2.24, 2.45) is 0 Å². The summed E-state index contributed by atoms with van der Waals surface area (Å²) >= 11 is 0. The van der Waals surface area contributed by atoms with Crippen LogP contribution in [-0.2, 0) is 21.1 Å². The highest BCUT2D eigenvalue weighted by atomic mass is 32.2. The number of carbonyl (C=O) groups excluding carboxylic acids is 1. The zero-order valence-corrected chi connectivity index (χ0v) is 14.4. The molecule has 1 aromatic heterocycles. The topological polar surface area (TPSA) is 79.0 Å². The monoisotopic (exact) mass is 336 g/mol. The molecular formula is C17H24N2O3S. The summed E-state index contributed by atoms with van der Waals surface area (Å²) < 4.78 is 23.1. The summed E-state index contributed by atoms with van der Waals surface area (Å²) in [5.41, 5.74) is 2.31. The molecule has 0 spiro atoms. The van der Waals surface area contributed by atoms with Crippen molar-refractivity contribution >= 4 is 26.6 Å². The lowest BCUT2D eigenvalue weighted by Crippen LogP contribution is -2.37. The van der Waals surface area contributed by atoms with Crippen LogP contribution in [0.3, 0.4) is 0 Å². The van der Waals surface area contributed by atoms with Gasteiger partial charge in [-0.2, -0.15) is 0 Å². The summed E-state index contributed by atoms with van der Waals surface area (Å²) in [6.45, 7) is 3.34. The molecule has 2 N–H and O–H groups in total. The normalized spacial score (nSPS) is 13.1. The molecule has 0 aliphatic heterocycles. The van der Waals surface area contributed by atoms with Crippen molar-refractivity contribution in [3.8, 4) is 0 Å². The number of fused-ring (bicyclic) bond motifs is 1. The zero-order chi connectivity index (χ0) is 16.9. The Bertz CT molecular complexity index is 765. The first kappa shape index (κ1) is 17.5. The summed E-state index contributed by atoms with van der Waals surface area (Å²) in [6, 6.07) is 7.74. The molecule has 5 nitrogen and oxygen atoms in total. The summed E-state index contributed by atoms with van der Waals surface area (Å²) in [5.74, 6) is 0.00879. The van der Waals surface area contributed by atoms with Gasteiger partial charge in [-0.25, -0.2) is 8.42 Å². The Morgan fingerprint density at radius 2 is 2.04 bits per heavy atom. The van der Waals surface area contributed by atoms with E-state index in [1.807, 2.05) is 24.4 Å². The van der Waals surface area contributed by atoms with Gasteiger partial charge in [0.2, 0.25) is 5.91 Å². The zero-order valence-electron chi connectivity index (χ0n) is 13.6. The fourth-order valence-electron chi connectivity index (χ4n) is 2.67. The number of carbonyl (C=O) groups is 1. The Morgan fingerprint density at radius 1 is 1.30 bits per heavy atom. The van der Waals surface area contributed by atoms with Crippen molar-refractivity contribution in [3.05, 3.63) is 36.0 Å². The smallest absolute Gasteiger partial charge is 0.220 e. The number of rotatable bonds is 8. The summed E-state index contributed by atoms with van der Waals surface area (Å²) in [7, 11) is -3.06. The largest absolute Gasteiger partial charge is 0.361 e. The highest BCUT2D eigenvalue weighted by Crippen LogP contribution is 2.19. The van der Waals surface area contributed by atoms with Gasteiger partial charge < -0.3 is 10.3 Å². The van der Waals surface area contributed by atoms with Gasteiger partial charge in [-0.05, 0) is 31.4 Å². The van der Waals surface area contributed by atoms with Gasteiger partial charge in [0.1, 0.15) is 0 Å². The van der Waals surface area contributed by atoms with Crippen molar-refractivity contribution < 1.29 is 13.2 Å². The van der Waals surface area contributed by atoms with Crippen LogP contribution in [0, 0.1) is 0 Å². The van der Waals surface area contributed by atoms with Crippen molar-refractivity contribution in [2.45, 2.75) is 39.2 Å². The lowest BCUT2D eigenvalue weighted by molar-refractivity contribution is -0.121. The van der Waals surface area contributed by atoms with Gasteiger partial charge in [-0.1, -0.05) is 25.1 Å². The molecule has 1 amide bonds. The molecule has 1 unspecified atom stereocenters. The van der Waals surface area contributed by atoms with Crippen LogP contribution in [0.25, 0.3) is 10.9 Å². The van der Waals surface area contributed by atoms with Gasteiger partial charge in [0.15, 0.2) is 9.84 Å². The van der Waals surface area contributed by atoms with E-state index in [0.29, 0.717) is 6.42 Å². The molecule has 0 saturated heterocycles. The van der Waals surface area contributed by atoms with E-state index >= 15 is 0 Å². The minimum Gasteiger partial charge on any atom is -0.361 e. The average molecular weight is 336 g/mol. The number of hydrogen-bond acceptors (Lipinski definition) is 3. The van der Waals surface area contributed by atoms with Crippen LogP contribution in [-0.4, -0.2) is 36.9 Å². The maximum Gasteiger partial charge on any atom is 0.220 e. The Hall–Kier alpha value is -1.82. The fraction of sp³-hybridized carbons (Fsp3) is 0.471. The van der Waals surface area contributed by atoms with E-state index in [9.17, 15) is 13.2 Å². The van der Waals surface area contributed by atoms with Crippen molar-refractivity contribution in [1.82, 2.24) is 10.3 Å². The first-order valence-corrected chi connectivity index (χ1v) is 9.78. The number of hydrogen-bond donors (Lipinski definition) is 2. The van der Waals surface area contributed by atoms with Gasteiger partial charge in [0.25, 0.3) is 0 Å². The molecule has 0 bridgehead atoms. The molecule has 2 aromatic rings. The fourth-order valence-corrected chi connectivity index (χ4v) is 3.75. The lowest BCUT2D eigenvalue weighted by Gasteiger charge is -2.13. The third-order valence-corrected chi connectivity index (χ3v) is 5.76. The van der Waals surface area contributed by atoms with E-state index in [2.05, 4.69) is 16.4 Å². The van der Waals surface area contributed by atoms with Gasteiger partial charge in [0, 0.05) is 35.3 Å². The molecule has 126 valence electrons. The van der Waals surface area contributed by atoms with Crippen LogP contribution >= 0.6 is 0 Å². The quantitative estimate of drug-likeness (QED) is 0.777. The predicted octanol–water partition coefficient (Wildman–Crippen LogP) is 2.43. The highest BCUT2D eigenvalue weighted by Gasteiger charge is 2.15. The standard InChI is InChI=1S/C17H24N2O3S/c1-3-23(21,22)12-13(2)19-17(20)10-6-7-14-11-18-16-9-5-4-8-15(14)16/h4-5,8-9,11,13,18H,3,6-7,10,12H2,1-2H3,(H,19,20). The van der Waals surface area contributed by atoms with Gasteiger partial charge in [-0.3, -0.25) is 4.79 Å². The number of amides is 1. The summed E-state index contributed by atoms with van der Waals surface area (Å²) in [6.07, 6.45) is 3.94. The Balaban J connectivity index is 1.79. The first-order chi connectivity index (χ1) is 10.9. The number of aromatic nitrogens is 1. The Labute approximate surface area is 137 Å². The number of benzene rings is 1. The minimum absolute atomic E-state index is 0.00229. The second-order valence-corrected chi connectivity index (χ2v) is 8.28. The molecule has 0 aliphatic rings. The van der Waals surface area contributed by atoms with Crippen LogP contribution in [0.2, 0.25) is 0 Å². The van der Waals surface area contributed by atoms with Gasteiger partial charge in [-0.15, -0.1) is 0 Å². The van der Waals surface area contributed by atoms with E-state index in [1.165, 1.54) is 10.9 Å². The third-order valence-electron chi connectivity index (χ3n) is 3.88. The molecule has 0 fully saturated rings. The SMILES string of the molecule is CCS(=O)(=O)CC(C)NC(=O)CCCc1c[nH]c2ccccc12. The summed E-state index contributed by atoms with van der Waals surface area (Å²) in [5, 5.41) is 3.95. The number of sulfone groups is 1. The van der Waals surface area contributed by atoms with Gasteiger partial charge >= 0.3 is 0 Å². The molecule has 6 heteroatoms. The first-order valence-electron chi connectivity index (χ1n) is 7.96. The van der Waals surface area contributed by atoms with Crippen LogP contribution in [0.5, 0.6) is 0 Å². The van der Waals surface area contributed by atoms with E-state index < -0.39 is 9.84 Å². The number of H-pyrrole nitrogens is 1. The van der Waals surface area contributed by atoms with E-state index in [1.54, 1.807) is 13.8 Å². The van der Waals surface area contributed by atoms with Crippen molar-refractivity contribution in [3.63, 3.8) is 0 Å².